The molecule has 2 aliphatic carbocycles. The molecule has 6 nitrogen and oxygen atoms in total. The molecule has 1 aromatic rings. The Hall–Kier alpha value is -1.92. The van der Waals surface area contributed by atoms with Gasteiger partial charge in [-0.2, -0.15) is 0 Å². The van der Waals surface area contributed by atoms with Crippen LogP contribution in [-0.4, -0.2) is 49.3 Å². The van der Waals surface area contributed by atoms with E-state index in [9.17, 15) is 9.59 Å². The molecule has 0 unspecified atom stereocenters. The molecule has 162 valence electrons. The molecule has 0 spiro atoms. The Morgan fingerprint density at radius 1 is 1.00 bits per heavy atom. The van der Waals surface area contributed by atoms with Gasteiger partial charge in [-0.25, -0.2) is 0 Å². The minimum Gasteiger partial charge on any atom is -0.490 e. The standard InChI is InChI=1S/C24H31NO5/c26-21(16-5-4-8-19(11-16)30-18-6-2-1-3-7-18)12-17-13-28-23-20(14-29-22(17)23)25-24(27)15-9-10-15/h4-5,8,11,15,17-18,20,22-23H,1-3,6-7,9-10,12-14H2,(H,25,27)/t17-,20-,22+,23+/m0/s1. The molecule has 30 heavy (non-hydrogen) atoms. The fraction of sp³-hybridized carbons (Fsp3) is 0.667. The third kappa shape index (κ3) is 4.40. The van der Waals surface area contributed by atoms with Crippen LogP contribution in [0.4, 0.5) is 0 Å². The smallest absolute Gasteiger partial charge is 0.223 e. The van der Waals surface area contributed by atoms with Crippen LogP contribution in [0.5, 0.6) is 5.75 Å². The second-order valence-electron chi connectivity index (χ2n) is 9.28. The van der Waals surface area contributed by atoms with Crippen LogP contribution in [0.2, 0.25) is 0 Å². The highest BCUT2D eigenvalue weighted by molar-refractivity contribution is 5.96. The first-order valence-corrected chi connectivity index (χ1v) is 11.5. The highest BCUT2D eigenvalue weighted by Gasteiger charge is 2.49. The number of ether oxygens (including phenoxy) is 3. The molecule has 1 amide bonds. The van der Waals surface area contributed by atoms with Gasteiger partial charge in [0.25, 0.3) is 0 Å². The maximum atomic E-state index is 13.0. The average Bonchev–Trinajstić information content (AvgIpc) is 3.44. The number of hydrogen-bond acceptors (Lipinski definition) is 5. The Kier molecular flexibility index (Phi) is 5.79. The number of rotatable bonds is 7. The molecule has 5 rings (SSSR count). The zero-order chi connectivity index (χ0) is 20.5. The molecule has 2 aliphatic heterocycles. The molecule has 2 saturated heterocycles. The number of ketones is 1. The Labute approximate surface area is 177 Å². The number of amides is 1. The van der Waals surface area contributed by atoms with Gasteiger partial charge in [-0.3, -0.25) is 9.59 Å². The normalized spacial score (nSPS) is 31.3. The zero-order valence-corrected chi connectivity index (χ0v) is 17.4. The Morgan fingerprint density at radius 3 is 2.60 bits per heavy atom. The summed E-state index contributed by atoms with van der Waals surface area (Å²) in [6.45, 7) is 0.957. The number of Topliss-reactive ketones (excluding diaryl/α,β-unsaturated/α-hetero) is 1. The van der Waals surface area contributed by atoms with E-state index in [4.69, 9.17) is 14.2 Å². The highest BCUT2D eigenvalue weighted by atomic mass is 16.6. The summed E-state index contributed by atoms with van der Waals surface area (Å²) in [6.07, 6.45) is 8.26. The van der Waals surface area contributed by atoms with Gasteiger partial charge in [-0.05, 0) is 50.7 Å². The van der Waals surface area contributed by atoms with E-state index in [2.05, 4.69) is 5.32 Å². The largest absolute Gasteiger partial charge is 0.490 e. The molecule has 2 heterocycles. The van der Waals surface area contributed by atoms with Gasteiger partial charge >= 0.3 is 0 Å². The van der Waals surface area contributed by atoms with Crippen LogP contribution in [0.25, 0.3) is 0 Å². The molecule has 6 heteroatoms. The summed E-state index contributed by atoms with van der Waals surface area (Å²) in [5.74, 6) is 1.18. The van der Waals surface area contributed by atoms with Gasteiger partial charge in [0.05, 0.1) is 31.5 Å². The summed E-state index contributed by atoms with van der Waals surface area (Å²) >= 11 is 0. The molecule has 4 aliphatic rings. The number of carbonyl (C=O) groups is 2. The van der Waals surface area contributed by atoms with Gasteiger partial charge in [0.2, 0.25) is 5.91 Å². The van der Waals surface area contributed by atoms with Crippen molar-refractivity contribution in [1.29, 1.82) is 0 Å². The van der Waals surface area contributed by atoms with Crippen molar-refractivity contribution in [3.63, 3.8) is 0 Å². The minimum absolute atomic E-state index is 0.0215. The minimum atomic E-state index is -0.147. The number of nitrogens with one attached hydrogen (secondary N) is 1. The predicted octanol–water partition coefficient (Wildman–Crippen LogP) is 3.28. The SMILES string of the molecule is O=C(C[C@H]1CO[C@H]2[C@@H]1OC[C@@H]2NC(=O)C1CC1)c1cccc(OC2CCCCC2)c1. The Bertz CT molecular complexity index is 786. The van der Waals surface area contributed by atoms with E-state index in [1.807, 2.05) is 24.3 Å². The van der Waals surface area contributed by atoms with Crippen LogP contribution in [-0.2, 0) is 14.3 Å². The van der Waals surface area contributed by atoms with E-state index < -0.39 is 0 Å². The summed E-state index contributed by atoms with van der Waals surface area (Å²) in [4.78, 5) is 25.0. The third-order valence-corrected chi connectivity index (χ3v) is 6.89. The van der Waals surface area contributed by atoms with E-state index in [-0.39, 0.29) is 47.9 Å². The molecule has 1 N–H and O–H groups in total. The summed E-state index contributed by atoms with van der Waals surface area (Å²) in [5, 5.41) is 3.07. The maximum absolute atomic E-state index is 13.0. The van der Waals surface area contributed by atoms with Crippen LogP contribution < -0.4 is 10.1 Å². The quantitative estimate of drug-likeness (QED) is 0.695. The molecular formula is C24H31NO5. The van der Waals surface area contributed by atoms with Gasteiger partial charge < -0.3 is 19.5 Å². The van der Waals surface area contributed by atoms with Crippen molar-refractivity contribution in [2.24, 2.45) is 11.8 Å². The van der Waals surface area contributed by atoms with E-state index >= 15 is 0 Å². The van der Waals surface area contributed by atoms with Gasteiger partial charge in [0.15, 0.2) is 5.78 Å². The lowest BCUT2D eigenvalue weighted by Gasteiger charge is -2.23. The maximum Gasteiger partial charge on any atom is 0.223 e. The first-order valence-electron chi connectivity index (χ1n) is 11.5. The lowest BCUT2D eigenvalue weighted by Crippen LogP contribution is -2.44. The second-order valence-corrected chi connectivity index (χ2v) is 9.28. The van der Waals surface area contributed by atoms with E-state index in [1.54, 1.807) is 0 Å². The fourth-order valence-electron chi connectivity index (χ4n) is 5.00. The van der Waals surface area contributed by atoms with Crippen molar-refractivity contribution in [2.45, 2.75) is 75.7 Å². The van der Waals surface area contributed by atoms with Crippen molar-refractivity contribution in [3.8, 4) is 5.75 Å². The molecule has 2 saturated carbocycles. The van der Waals surface area contributed by atoms with Crippen molar-refractivity contribution >= 4 is 11.7 Å². The number of benzene rings is 1. The highest BCUT2D eigenvalue weighted by Crippen LogP contribution is 2.35. The average molecular weight is 414 g/mol. The van der Waals surface area contributed by atoms with Gasteiger partial charge in [-0.15, -0.1) is 0 Å². The molecule has 1 aromatic carbocycles. The third-order valence-electron chi connectivity index (χ3n) is 6.89. The predicted molar refractivity (Wildman–Crippen MR) is 111 cm³/mol. The monoisotopic (exact) mass is 413 g/mol. The van der Waals surface area contributed by atoms with Gasteiger partial charge in [0, 0.05) is 23.8 Å². The molecule has 0 bridgehead atoms. The molecule has 4 fully saturated rings. The Balaban J connectivity index is 1.17. The molecule has 4 atom stereocenters. The Morgan fingerprint density at radius 2 is 1.80 bits per heavy atom. The number of hydrogen-bond donors (Lipinski definition) is 1. The molecule has 0 aromatic heterocycles. The summed E-state index contributed by atoms with van der Waals surface area (Å²) < 4.78 is 18.0. The van der Waals surface area contributed by atoms with Crippen molar-refractivity contribution < 1.29 is 23.8 Å². The fourth-order valence-corrected chi connectivity index (χ4v) is 5.00. The van der Waals surface area contributed by atoms with Gasteiger partial charge in [-0.1, -0.05) is 18.6 Å². The van der Waals surface area contributed by atoms with Crippen LogP contribution in [0, 0.1) is 11.8 Å². The van der Waals surface area contributed by atoms with E-state index in [1.165, 1.54) is 19.3 Å². The lowest BCUT2D eigenvalue weighted by molar-refractivity contribution is -0.123. The lowest BCUT2D eigenvalue weighted by atomic mass is 9.92. The first-order chi connectivity index (χ1) is 14.7. The zero-order valence-electron chi connectivity index (χ0n) is 17.4. The van der Waals surface area contributed by atoms with E-state index in [0.29, 0.717) is 25.2 Å². The number of fused-ring (bicyclic) bond motifs is 1. The van der Waals surface area contributed by atoms with Crippen LogP contribution in [0.15, 0.2) is 24.3 Å². The van der Waals surface area contributed by atoms with Gasteiger partial charge in [0.1, 0.15) is 11.9 Å². The van der Waals surface area contributed by atoms with Crippen molar-refractivity contribution in [3.05, 3.63) is 29.8 Å². The topological polar surface area (TPSA) is 73.9 Å². The van der Waals surface area contributed by atoms with E-state index in [0.717, 1.165) is 31.4 Å². The molecular weight excluding hydrogens is 382 g/mol. The van der Waals surface area contributed by atoms with Crippen LogP contribution in [0.1, 0.15) is 61.7 Å². The molecule has 0 radical (unpaired) electrons. The van der Waals surface area contributed by atoms with Crippen LogP contribution in [0.3, 0.4) is 0 Å². The van der Waals surface area contributed by atoms with Crippen molar-refractivity contribution in [1.82, 2.24) is 5.32 Å². The van der Waals surface area contributed by atoms with Crippen molar-refractivity contribution in [2.75, 3.05) is 13.2 Å². The van der Waals surface area contributed by atoms with Crippen LogP contribution >= 0.6 is 0 Å². The summed E-state index contributed by atoms with van der Waals surface area (Å²) in [5.41, 5.74) is 0.684. The number of carbonyl (C=O) groups excluding carboxylic acids is 2. The summed E-state index contributed by atoms with van der Waals surface area (Å²) in [6, 6.07) is 7.47. The second kappa shape index (κ2) is 8.67. The first kappa shape index (κ1) is 20.0. The summed E-state index contributed by atoms with van der Waals surface area (Å²) in [7, 11) is 0.